The van der Waals surface area contributed by atoms with Gasteiger partial charge in [0.15, 0.2) is 0 Å². The molecule has 0 fully saturated rings. The number of nitrogens with zero attached hydrogens (tertiary/aromatic N) is 1. The van der Waals surface area contributed by atoms with Crippen molar-refractivity contribution in [2.45, 2.75) is 32.6 Å². The quantitative estimate of drug-likeness (QED) is 0.458. The first-order valence-electron chi connectivity index (χ1n) is 7.90. The lowest BCUT2D eigenvalue weighted by Crippen LogP contribution is -2.34. The maximum atomic E-state index is 12.2. The summed E-state index contributed by atoms with van der Waals surface area (Å²) in [5.41, 5.74) is 0. The van der Waals surface area contributed by atoms with E-state index in [0.29, 0.717) is 48.3 Å². The van der Waals surface area contributed by atoms with E-state index in [2.05, 4.69) is 4.74 Å². The van der Waals surface area contributed by atoms with Gasteiger partial charge in [-0.15, -0.1) is 0 Å². The minimum absolute atomic E-state index is 0.00607. The lowest BCUT2D eigenvalue weighted by Gasteiger charge is -2.21. The van der Waals surface area contributed by atoms with Crippen molar-refractivity contribution in [1.82, 2.24) is 4.90 Å². The Morgan fingerprint density at radius 3 is 2.54 bits per heavy atom. The molecule has 0 saturated heterocycles. The molecule has 0 N–H and O–H groups in total. The Bertz CT molecular complexity index is 551. The fraction of sp³-hybridized carbons (Fsp3) is 0.529. The molecule has 0 saturated carbocycles. The summed E-state index contributed by atoms with van der Waals surface area (Å²) in [6, 6.07) is 5.01. The molecule has 0 heterocycles. The predicted molar refractivity (Wildman–Crippen MR) is 94.7 cm³/mol. The first-order chi connectivity index (χ1) is 11.5. The third kappa shape index (κ3) is 7.41. The van der Waals surface area contributed by atoms with Crippen LogP contribution in [0.1, 0.15) is 32.6 Å². The van der Waals surface area contributed by atoms with Gasteiger partial charge in [-0.1, -0.05) is 30.1 Å². The van der Waals surface area contributed by atoms with Gasteiger partial charge in [0.05, 0.1) is 25.2 Å². The summed E-state index contributed by atoms with van der Waals surface area (Å²) in [4.78, 5) is 25.1. The number of methoxy groups -OCH3 is 1. The fourth-order valence-electron chi connectivity index (χ4n) is 2.12. The molecular formula is C17H23Cl2NO4. The van der Waals surface area contributed by atoms with Crippen molar-refractivity contribution in [3.8, 4) is 5.75 Å². The molecule has 0 spiro atoms. The van der Waals surface area contributed by atoms with Crippen LogP contribution in [0.5, 0.6) is 5.75 Å². The predicted octanol–water partition coefficient (Wildman–Crippen LogP) is 3.95. The van der Waals surface area contributed by atoms with Gasteiger partial charge in [0.2, 0.25) is 5.91 Å². The Labute approximate surface area is 152 Å². The molecular weight excluding hydrogens is 353 g/mol. The highest BCUT2D eigenvalue weighted by atomic mass is 35.5. The summed E-state index contributed by atoms with van der Waals surface area (Å²) < 4.78 is 10.2. The Morgan fingerprint density at radius 1 is 1.17 bits per heavy atom. The number of amides is 1. The average molecular weight is 376 g/mol. The zero-order valence-corrected chi connectivity index (χ0v) is 15.5. The number of carbonyl (C=O) groups is 2. The Kier molecular flexibility index (Phi) is 9.57. The van der Waals surface area contributed by atoms with Gasteiger partial charge in [0.25, 0.3) is 0 Å². The largest absolute Gasteiger partial charge is 0.492 e. The van der Waals surface area contributed by atoms with Crippen LogP contribution in [0.15, 0.2) is 18.2 Å². The number of rotatable bonds is 10. The molecule has 134 valence electrons. The number of ether oxygens (including phenoxy) is 2. The van der Waals surface area contributed by atoms with Crippen LogP contribution in [-0.2, 0) is 14.3 Å². The second kappa shape index (κ2) is 11.2. The van der Waals surface area contributed by atoms with Crippen LogP contribution in [0, 0.1) is 0 Å². The van der Waals surface area contributed by atoms with Gasteiger partial charge >= 0.3 is 5.97 Å². The van der Waals surface area contributed by atoms with Crippen LogP contribution in [0.3, 0.4) is 0 Å². The molecule has 1 amide bonds. The highest BCUT2D eigenvalue weighted by Crippen LogP contribution is 2.27. The van der Waals surface area contributed by atoms with E-state index in [0.717, 1.165) is 6.42 Å². The highest BCUT2D eigenvalue weighted by molar-refractivity contribution is 6.35. The van der Waals surface area contributed by atoms with Crippen molar-refractivity contribution >= 4 is 35.1 Å². The van der Waals surface area contributed by atoms with Crippen LogP contribution in [-0.4, -0.2) is 43.6 Å². The van der Waals surface area contributed by atoms with Gasteiger partial charge < -0.3 is 14.4 Å². The SMILES string of the molecule is CCCN(CCC(=O)OC)C(=O)CCCOc1ccc(Cl)cc1Cl. The number of halogens is 2. The van der Waals surface area contributed by atoms with Gasteiger partial charge in [-0.3, -0.25) is 9.59 Å². The molecule has 1 rings (SSSR count). The summed E-state index contributed by atoms with van der Waals surface area (Å²) >= 11 is 11.8. The molecule has 0 radical (unpaired) electrons. The van der Waals surface area contributed by atoms with E-state index >= 15 is 0 Å². The van der Waals surface area contributed by atoms with Crippen LogP contribution in [0.2, 0.25) is 10.0 Å². The molecule has 0 aliphatic heterocycles. The molecule has 0 aliphatic rings. The number of hydrogen-bond donors (Lipinski definition) is 0. The van der Waals surface area contributed by atoms with Gasteiger partial charge in [0, 0.05) is 24.5 Å². The second-order valence-corrected chi connectivity index (χ2v) is 6.08. The monoisotopic (exact) mass is 375 g/mol. The number of carbonyl (C=O) groups excluding carboxylic acids is 2. The molecule has 0 aliphatic carbocycles. The smallest absolute Gasteiger partial charge is 0.307 e. The highest BCUT2D eigenvalue weighted by Gasteiger charge is 2.14. The fourth-order valence-corrected chi connectivity index (χ4v) is 2.58. The topological polar surface area (TPSA) is 55.8 Å². The third-order valence-corrected chi connectivity index (χ3v) is 3.88. The number of benzene rings is 1. The van der Waals surface area contributed by atoms with E-state index in [9.17, 15) is 9.59 Å². The second-order valence-electron chi connectivity index (χ2n) is 5.23. The van der Waals surface area contributed by atoms with E-state index < -0.39 is 0 Å². The maximum Gasteiger partial charge on any atom is 0.307 e. The summed E-state index contributed by atoms with van der Waals surface area (Å²) in [6.07, 6.45) is 1.96. The lowest BCUT2D eigenvalue weighted by molar-refractivity contribution is -0.141. The molecule has 5 nitrogen and oxygen atoms in total. The Morgan fingerprint density at radius 2 is 1.92 bits per heavy atom. The maximum absolute atomic E-state index is 12.2. The molecule has 1 aromatic carbocycles. The van der Waals surface area contributed by atoms with Crippen LogP contribution in [0.4, 0.5) is 0 Å². The van der Waals surface area contributed by atoms with Crippen LogP contribution >= 0.6 is 23.2 Å². The average Bonchev–Trinajstić information content (AvgIpc) is 2.56. The van der Waals surface area contributed by atoms with Crippen molar-refractivity contribution in [2.75, 3.05) is 26.8 Å². The molecule has 0 atom stereocenters. The van der Waals surface area contributed by atoms with Crippen molar-refractivity contribution in [1.29, 1.82) is 0 Å². The first-order valence-corrected chi connectivity index (χ1v) is 8.66. The molecule has 0 bridgehead atoms. The Balaban J connectivity index is 2.37. The van der Waals surface area contributed by atoms with Crippen molar-refractivity contribution in [3.63, 3.8) is 0 Å². The van der Waals surface area contributed by atoms with E-state index in [1.807, 2.05) is 6.92 Å². The molecule has 0 unspecified atom stereocenters. The van der Waals surface area contributed by atoms with Crippen LogP contribution in [0.25, 0.3) is 0 Å². The van der Waals surface area contributed by atoms with E-state index in [4.69, 9.17) is 27.9 Å². The standard InChI is InChI=1S/C17H23Cl2NO4/c1-3-9-20(10-8-17(22)23-2)16(21)5-4-11-24-15-7-6-13(18)12-14(15)19/h6-7,12H,3-5,8-11H2,1-2H3. The minimum atomic E-state index is -0.315. The zero-order valence-electron chi connectivity index (χ0n) is 14.0. The molecule has 24 heavy (non-hydrogen) atoms. The van der Waals surface area contributed by atoms with Crippen molar-refractivity contribution < 1.29 is 19.1 Å². The van der Waals surface area contributed by atoms with Crippen LogP contribution < -0.4 is 4.74 Å². The van der Waals surface area contributed by atoms with E-state index in [-0.39, 0.29) is 18.3 Å². The van der Waals surface area contributed by atoms with E-state index in [1.165, 1.54) is 7.11 Å². The molecule has 1 aromatic rings. The summed E-state index contributed by atoms with van der Waals surface area (Å²) in [5.74, 6) is 0.237. The number of hydrogen-bond acceptors (Lipinski definition) is 4. The van der Waals surface area contributed by atoms with Gasteiger partial charge in [-0.25, -0.2) is 0 Å². The molecule has 7 heteroatoms. The summed E-state index contributed by atoms with van der Waals surface area (Å²) in [5, 5.41) is 0.989. The van der Waals surface area contributed by atoms with E-state index in [1.54, 1.807) is 23.1 Å². The first kappa shape index (κ1) is 20.6. The Hall–Kier alpha value is -1.46. The molecule has 0 aromatic heterocycles. The summed E-state index contributed by atoms with van der Waals surface area (Å²) in [6.45, 7) is 3.37. The number of esters is 1. The van der Waals surface area contributed by atoms with Gasteiger partial charge in [-0.05, 0) is 31.0 Å². The van der Waals surface area contributed by atoms with Crippen molar-refractivity contribution in [2.24, 2.45) is 0 Å². The zero-order chi connectivity index (χ0) is 17.9. The van der Waals surface area contributed by atoms with Crippen molar-refractivity contribution in [3.05, 3.63) is 28.2 Å². The van der Waals surface area contributed by atoms with Gasteiger partial charge in [0.1, 0.15) is 5.75 Å². The normalized spacial score (nSPS) is 10.3. The lowest BCUT2D eigenvalue weighted by atomic mass is 10.2. The minimum Gasteiger partial charge on any atom is -0.492 e. The van der Waals surface area contributed by atoms with Gasteiger partial charge in [-0.2, -0.15) is 0 Å². The third-order valence-electron chi connectivity index (χ3n) is 3.35. The summed E-state index contributed by atoms with van der Waals surface area (Å²) in [7, 11) is 1.34.